The molecule has 0 radical (unpaired) electrons. The lowest BCUT2D eigenvalue weighted by Gasteiger charge is -2.38. The van der Waals surface area contributed by atoms with Gasteiger partial charge in [-0.05, 0) is 57.2 Å². The van der Waals surface area contributed by atoms with E-state index in [1.807, 2.05) is 24.3 Å². The van der Waals surface area contributed by atoms with Crippen LogP contribution in [0.5, 0.6) is 11.5 Å². The number of aromatic hydroxyl groups is 1. The Morgan fingerprint density at radius 3 is 2.48 bits per heavy atom. The molecule has 6 atom stereocenters. The first-order valence-electron chi connectivity index (χ1n) is 26.3. The summed E-state index contributed by atoms with van der Waals surface area (Å²) in [6.45, 7) is 16.7. The van der Waals surface area contributed by atoms with Crippen LogP contribution in [0.25, 0.3) is 11.0 Å². The number of allylic oxidation sites excluding steroid dienone is 5. The monoisotopic (exact) mass is 1030 g/mol. The molecular formula is C56H70N8O11. The first-order valence-corrected chi connectivity index (χ1v) is 26.3. The quantitative estimate of drug-likeness (QED) is 0.132. The summed E-state index contributed by atoms with van der Waals surface area (Å²) in [4.78, 5) is 90.2. The van der Waals surface area contributed by atoms with Gasteiger partial charge in [-0.15, -0.1) is 0 Å². The number of likely N-dealkylation sites (tertiary alicyclic amines) is 1. The van der Waals surface area contributed by atoms with E-state index < -0.39 is 77.2 Å². The lowest BCUT2D eigenvalue weighted by molar-refractivity contribution is -0.155. The highest BCUT2D eigenvalue weighted by Gasteiger charge is 2.54. The van der Waals surface area contributed by atoms with Crippen LogP contribution in [0.15, 0.2) is 76.8 Å². The number of para-hydroxylation sites is 2. The number of aliphatic imine (C=N–C) groups is 1. The fraction of sp³-hybridized carbons (Fsp3) is 0.518. The predicted octanol–water partition coefficient (Wildman–Crippen LogP) is 5.48. The Balaban J connectivity index is 0.968. The van der Waals surface area contributed by atoms with Gasteiger partial charge in [0, 0.05) is 101 Å². The zero-order valence-corrected chi connectivity index (χ0v) is 43.9. The number of carbonyl (C=O) groups is 5. The molecule has 2 fully saturated rings. The molecule has 2 amide bonds. The van der Waals surface area contributed by atoms with E-state index in [0.29, 0.717) is 64.4 Å². The molecule has 7 aliphatic rings. The average Bonchev–Trinajstić information content (AvgIpc) is 3.98. The Morgan fingerprint density at radius 2 is 1.73 bits per heavy atom. The van der Waals surface area contributed by atoms with Crippen LogP contribution in [0.3, 0.4) is 0 Å². The summed E-state index contributed by atoms with van der Waals surface area (Å²) in [6, 6.07) is 7.76. The number of piperidine rings is 1. The molecule has 75 heavy (non-hydrogen) atoms. The molecule has 0 saturated carbocycles. The molecule has 6 aliphatic heterocycles. The van der Waals surface area contributed by atoms with Crippen LogP contribution in [0, 0.1) is 24.7 Å². The highest BCUT2D eigenvalue weighted by atomic mass is 16.7. The molecule has 1 spiro atoms. The van der Waals surface area contributed by atoms with Crippen molar-refractivity contribution in [1.29, 1.82) is 0 Å². The van der Waals surface area contributed by atoms with Crippen LogP contribution < -0.4 is 20.3 Å². The Kier molecular flexibility index (Phi) is 15.1. The van der Waals surface area contributed by atoms with Crippen molar-refractivity contribution in [1.82, 2.24) is 30.4 Å². The molecule has 3 aromatic rings. The van der Waals surface area contributed by atoms with Crippen LogP contribution in [-0.4, -0.2) is 146 Å². The third-order valence-corrected chi connectivity index (χ3v) is 15.5. The number of hydrogen-bond acceptors (Lipinski definition) is 16. The number of nitrogens with zero attached hydrogens (tertiary/aromatic N) is 5. The smallest absolute Gasteiger partial charge is 0.315 e. The number of aliphatic hydroxyl groups excluding tert-OH is 2. The number of amides is 2. The first-order chi connectivity index (χ1) is 35.8. The highest BCUT2D eigenvalue weighted by molar-refractivity contribution is 6.34. The predicted molar refractivity (Wildman–Crippen MR) is 280 cm³/mol. The lowest BCUT2D eigenvalue weighted by atomic mass is 9.82. The van der Waals surface area contributed by atoms with Gasteiger partial charge in [0.05, 0.1) is 52.0 Å². The molecule has 1 aliphatic carbocycles. The van der Waals surface area contributed by atoms with Crippen LogP contribution >= 0.6 is 0 Å². The van der Waals surface area contributed by atoms with Crippen LogP contribution in [0.2, 0.25) is 0 Å². The van der Waals surface area contributed by atoms with Crippen LogP contribution in [-0.2, 0) is 23.9 Å². The number of esters is 1. The number of phenols is 1. The summed E-state index contributed by atoms with van der Waals surface area (Å²) in [5.74, 6) is -5.48. The molecule has 2 aromatic carbocycles. The van der Waals surface area contributed by atoms with Gasteiger partial charge in [0.25, 0.3) is 11.7 Å². The van der Waals surface area contributed by atoms with Crippen LogP contribution in [0.4, 0.5) is 5.95 Å². The maximum atomic E-state index is 14.8. The summed E-state index contributed by atoms with van der Waals surface area (Å²) in [5, 5.41) is 41.2. The van der Waals surface area contributed by atoms with Crippen molar-refractivity contribution >= 4 is 52.0 Å². The minimum Gasteiger partial charge on any atom is -0.507 e. The van der Waals surface area contributed by atoms with Crippen molar-refractivity contribution in [3.8, 4) is 11.5 Å². The maximum Gasteiger partial charge on any atom is 0.315 e. The molecule has 5 bridgehead atoms. The van der Waals surface area contributed by atoms with Crippen molar-refractivity contribution in [2.75, 3.05) is 50.7 Å². The second-order valence-corrected chi connectivity index (χ2v) is 21.6. The van der Waals surface area contributed by atoms with Crippen molar-refractivity contribution in [2.24, 2.45) is 22.7 Å². The Morgan fingerprint density at radius 1 is 0.973 bits per heavy atom. The number of fused-ring (bicyclic) bond motifs is 14. The van der Waals surface area contributed by atoms with Gasteiger partial charge >= 0.3 is 11.8 Å². The number of imidazole rings is 1. The molecule has 400 valence electrons. The van der Waals surface area contributed by atoms with Crippen molar-refractivity contribution in [3.63, 3.8) is 0 Å². The van der Waals surface area contributed by atoms with Gasteiger partial charge in [0.15, 0.2) is 0 Å². The van der Waals surface area contributed by atoms with Crippen molar-refractivity contribution < 1.29 is 53.5 Å². The van der Waals surface area contributed by atoms with Gasteiger partial charge in [0.1, 0.15) is 35.4 Å². The summed E-state index contributed by atoms with van der Waals surface area (Å²) in [5.41, 5.74) is 1.52. The van der Waals surface area contributed by atoms with Gasteiger partial charge in [-0.25, -0.2) is 4.98 Å². The van der Waals surface area contributed by atoms with E-state index in [9.17, 15) is 39.3 Å². The summed E-state index contributed by atoms with van der Waals surface area (Å²) in [7, 11) is 0. The van der Waals surface area contributed by atoms with E-state index in [1.165, 1.54) is 20.1 Å². The molecule has 19 heteroatoms. The molecular weight excluding hydrogens is 961 g/mol. The summed E-state index contributed by atoms with van der Waals surface area (Å²) >= 11 is 0. The van der Waals surface area contributed by atoms with Gasteiger partial charge in [-0.2, -0.15) is 0 Å². The number of carbonyl (C=O) groups excluding carboxylic acids is 5. The SMILES string of the molecule is C/C1=C/C=C/C(C)[C@H](O)[C@@H](C)[C@@H](O)C[C@H](OC(=O)CC(=O)N2CCCN(c3nc4ccccc4[nH]3)CC2)CC/C=C/OC2(C)Oc3c(C)c(O)c4c(c3C2=O)C2=NC3(CCN(CC(C)C)CC3)NC2=C(NC1=O)C4=O. The third-order valence-electron chi connectivity index (χ3n) is 15.5. The number of nitrogens with one attached hydrogen (secondary N) is 3. The second kappa shape index (κ2) is 21.4. The molecule has 19 nitrogen and oxygen atoms in total. The summed E-state index contributed by atoms with van der Waals surface area (Å²) < 4.78 is 18.3. The maximum absolute atomic E-state index is 14.8. The van der Waals surface area contributed by atoms with Gasteiger partial charge in [0.2, 0.25) is 17.6 Å². The highest BCUT2D eigenvalue weighted by Crippen LogP contribution is 2.50. The lowest BCUT2D eigenvalue weighted by Crippen LogP contribution is -2.50. The minimum atomic E-state index is -1.96. The molecule has 10 rings (SSSR count). The number of phenolic OH excluding ortho intramolecular Hbond substituents is 1. The minimum absolute atomic E-state index is 0.0163. The number of benzene rings is 2. The number of anilines is 1. The fourth-order valence-corrected chi connectivity index (χ4v) is 11.0. The largest absolute Gasteiger partial charge is 0.507 e. The molecule has 7 heterocycles. The Bertz CT molecular complexity index is 2900. The number of ether oxygens (including phenoxy) is 3. The van der Waals surface area contributed by atoms with Crippen LogP contribution in [0.1, 0.15) is 118 Å². The van der Waals surface area contributed by atoms with E-state index in [4.69, 9.17) is 24.2 Å². The first kappa shape index (κ1) is 53.0. The van der Waals surface area contributed by atoms with E-state index in [-0.39, 0.29) is 75.9 Å². The Labute approximate surface area is 436 Å². The number of rotatable bonds is 6. The zero-order valence-electron chi connectivity index (χ0n) is 43.9. The molecule has 2 saturated heterocycles. The molecule has 2 unspecified atom stereocenters. The number of ketones is 2. The normalized spacial score (nSPS) is 28.2. The number of aromatic amines is 1. The van der Waals surface area contributed by atoms with E-state index in [2.05, 4.69) is 39.3 Å². The van der Waals surface area contributed by atoms with Gasteiger partial charge in [-0.3, -0.25) is 29.0 Å². The third kappa shape index (κ3) is 10.7. The van der Waals surface area contributed by atoms with Gasteiger partial charge < -0.3 is 59.8 Å². The number of hydrogen-bond donors (Lipinski definition) is 6. The zero-order chi connectivity index (χ0) is 53.5. The Hall–Kier alpha value is -6.83. The average molecular weight is 1030 g/mol. The van der Waals surface area contributed by atoms with E-state index in [1.54, 1.807) is 50.0 Å². The van der Waals surface area contributed by atoms with E-state index >= 15 is 0 Å². The van der Waals surface area contributed by atoms with Crippen molar-refractivity contribution in [2.45, 2.75) is 123 Å². The molecule has 6 N–H and O–H groups in total. The standard InChI is InChI=1S/C56H70N8O11/c1-31(2)30-62-23-19-56(20-24-62)60-45-42-43-49(69)35(6)51-44(42)52(71)55(7,75-51)73-27-11-10-16-36(28-39(65)34(5)48(68)32(3)14-12-15-33(4)53(72)59-47(50(43)70)46(45)61-56)74-41(67)29-40(66)63-21-13-22-64(26-25-63)54-57-37-17-8-9-18-38(37)58-54/h8-9,11-12,14-15,17-18,27,31-32,34,36,39,48,61,65,68-69H,10,13,16,19-26,28-30H2,1-7H3,(H,57,58)(H,59,72)/b14-12+,27-11+,33-15-/t32?,34-,36+,39-,48-,55?/m0/s1. The van der Waals surface area contributed by atoms with Crippen molar-refractivity contribution in [3.05, 3.63) is 94.1 Å². The fourth-order valence-electron chi connectivity index (χ4n) is 11.0. The number of aliphatic hydroxyl groups is 2. The van der Waals surface area contributed by atoms with Gasteiger partial charge in [-0.1, -0.05) is 58.1 Å². The number of aromatic nitrogens is 2. The topological polar surface area (TPSA) is 249 Å². The summed E-state index contributed by atoms with van der Waals surface area (Å²) in [6.07, 6.45) is 6.31. The second-order valence-electron chi connectivity index (χ2n) is 21.6. The van der Waals surface area contributed by atoms with E-state index in [0.717, 1.165) is 23.5 Å². The number of Topliss-reactive ketones (excluding diaryl/α,β-unsaturated/α-hetero) is 2. The molecule has 1 aromatic heterocycles. The number of H-pyrrole nitrogens is 1.